The summed E-state index contributed by atoms with van der Waals surface area (Å²) in [5, 5.41) is 40.3. The van der Waals surface area contributed by atoms with Crippen molar-refractivity contribution in [1.29, 1.82) is 0 Å². The molecule has 148 valence electrons. The van der Waals surface area contributed by atoms with Crippen molar-refractivity contribution in [1.82, 2.24) is 0 Å². The summed E-state index contributed by atoms with van der Waals surface area (Å²) in [6.45, 7) is 2.30. The Balaban J connectivity index is 1.67. The molecule has 1 fully saturated rings. The highest BCUT2D eigenvalue weighted by atomic mass is 32.2. The zero-order chi connectivity index (χ0) is 19.2. The summed E-state index contributed by atoms with van der Waals surface area (Å²) in [4.78, 5) is 3.88. The largest absolute Gasteiger partial charge is 0.395 e. The molecule has 8 heteroatoms. The van der Waals surface area contributed by atoms with Gasteiger partial charge in [0.1, 0.15) is 12.2 Å². The number of thioether (sulfide) groups is 1. The molecule has 4 rings (SSSR count). The number of thiophene rings is 2. The standard InChI is InChI=1S/C19H24O5S3/c1-2-10-3-4-11(25-10)7-12-8-13-14(26-12)5-6-24-19(13)18(23)17(22)16(21)15(9-20)27-19/h3-4,8,15-18,20-23H,2,5-7,9H2,1H3/t15-,16-,17+,18-,19+/m1/s1. The molecule has 4 heterocycles. The fourth-order valence-corrected chi connectivity index (χ4v) is 7.72. The lowest BCUT2D eigenvalue weighted by Crippen LogP contribution is -2.60. The third-order valence-corrected chi connectivity index (χ3v) is 9.33. The Labute approximate surface area is 170 Å². The maximum atomic E-state index is 10.8. The number of ether oxygens (including phenoxy) is 1. The second-order valence-electron chi connectivity index (χ2n) is 6.98. The lowest BCUT2D eigenvalue weighted by atomic mass is 9.92. The Morgan fingerprint density at radius 1 is 1.11 bits per heavy atom. The molecule has 27 heavy (non-hydrogen) atoms. The molecule has 0 saturated carbocycles. The third-order valence-electron chi connectivity index (χ3n) is 5.25. The molecule has 1 spiro atoms. The van der Waals surface area contributed by atoms with Gasteiger partial charge in [0.2, 0.25) is 0 Å². The second-order valence-corrected chi connectivity index (χ2v) is 10.9. The van der Waals surface area contributed by atoms with Gasteiger partial charge in [-0.3, -0.25) is 0 Å². The van der Waals surface area contributed by atoms with Gasteiger partial charge in [-0.15, -0.1) is 34.4 Å². The number of fused-ring (bicyclic) bond motifs is 2. The van der Waals surface area contributed by atoms with Crippen molar-refractivity contribution in [2.75, 3.05) is 13.2 Å². The minimum atomic E-state index is -1.36. The molecule has 5 atom stereocenters. The minimum absolute atomic E-state index is 0.290. The summed E-state index contributed by atoms with van der Waals surface area (Å²) in [7, 11) is 0. The molecule has 0 bridgehead atoms. The molecule has 0 unspecified atom stereocenters. The fourth-order valence-electron chi connectivity index (χ4n) is 3.79. The number of rotatable bonds is 4. The fraction of sp³-hybridized carbons (Fsp3) is 0.579. The van der Waals surface area contributed by atoms with Gasteiger partial charge in [-0.05, 0) is 24.6 Å². The van der Waals surface area contributed by atoms with Crippen molar-refractivity contribution in [3.05, 3.63) is 43.3 Å². The number of aliphatic hydroxyl groups excluding tert-OH is 4. The van der Waals surface area contributed by atoms with E-state index in [0.29, 0.717) is 6.61 Å². The second kappa shape index (κ2) is 7.76. The number of aryl methyl sites for hydroxylation is 1. The maximum Gasteiger partial charge on any atom is 0.169 e. The molecule has 2 aromatic heterocycles. The van der Waals surface area contributed by atoms with Crippen LogP contribution in [0, 0.1) is 0 Å². The minimum Gasteiger partial charge on any atom is -0.395 e. The van der Waals surface area contributed by atoms with Crippen LogP contribution in [0.3, 0.4) is 0 Å². The molecule has 2 aromatic rings. The van der Waals surface area contributed by atoms with E-state index < -0.39 is 28.5 Å². The molecule has 0 radical (unpaired) electrons. The van der Waals surface area contributed by atoms with E-state index in [2.05, 4.69) is 25.1 Å². The molecule has 4 N–H and O–H groups in total. The average Bonchev–Trinajstić information content (AvgIpc) is 3.30. The van der Waals surface area contributed by atoms with Gasteiger partial charge in [0.05, 0.1) is 24.6 Å². The van der Waals surface area contributed by atoms with Gasteiger partial charge < -0.3 is 25.2 Å². The van der Waals surface area contributed by atoms with Gasteiger partial charge >= 0.3 is 0 Å². The highest BCUT2D eigenvalue weighted by molar-refractivity contribution is 8.00. The number of aliphatic hydroxyl groups is 4. The summed E-state index contributed by atoms with van der Waals surface area (Å²) in [5.41, 5.74) is 0.878. The van der Waals surface area contributed by atoms with Crippen molar-refractivity contribution in [3.8, 4) is 0 Å². The van der Waals surface area contributed by atoms with Crippen LogP contribution in [0.2, 0.25) is 0 Å². The zero-order valence-electron chi connectivity index (χ0n) is 15.0. The highest BCUT2D eigenvalue weighted by Crippen LogP contribution is 2.53. The van der Waals surface area contributed by atoms with E-state index in [9.17, 15) is 20.4 Å². The predicted molar refractivity (Wildman–Crippen MR) is 109 cm³/mol. The Kier molecular flexibility index (Phi) is 5.70. The topological polar surface area (TPSA) is 90.2 Å². The first-order chi connectivity index (χ1) is 13.0. The Morgan fingerprint density at radius 2 is 1.89 bits per heavy atom. The SMILES string of the molecule is CCc1ccc(Cc2cc3c(s2)CCO[C@]32S[C@H](CO)[C@@H](O)[C@H](O)[C@H]2O)s1. The molecular weight excluding hydrogens is 404 g/mol. The van der Waals surface area contributed by atoms with Crippen LogP contribution in [0.15, 0.2) is 18.2 Å². The van der Waals surface area contributed by atoms with Crippen LogP contribution in [0.25, 0.3) is 0 Å². The van der Waals surface area contributed by atoms with Crippen molar-refractivity contribution in [3.63, 3.8) is 0 Å². The van der Waals surface area contributed by atoms with Gasteiger partial charge in [0.15, 0.2) is 4.93 Å². The van der Waals surface area contributed by atoms with Crippen molar-refractivity contribution >= 4 is 34.4 Å². The Bertz CT molecular complexity index is 801. The maximum absolute atomic E-state index is 10.8. The van der Waals surface area contributed by atoms with Crippen molar-refractivity contribution < 1.29 is 25.2 Å². The molecule has 0 aromatic carbocycles. The summed E-state index contributed by atoms with van der Waals surface area (Å²) < 4.78 is 6.02. The van der Waals surface area contributed by atoms with Crippen LogP contribution in [0.4, 0.5) is 0 Å². The van der Waals surface area contributed by atoms with Crippen LogP contribution >= 0.6 is 34.4 Å². The van der Waals surface area contributed by atoms with Gasteiger partial charge in [-0.2, -0.15) is 0 Å². The number of hydrogen-bond donors (Lipinski definition) is 4. The smallest absolute Gasteiger partial charge is 0.169 e. The Morgan fingerprint density at radius 3 is 2.59 bits per heavy atom. The summed E-state index contributed by atoms with van der Waals surface area (Å²) in [6.07, 6.45) is -1.16. The van der Waals surface area contributed by atoms with Crippen LogP contribution in [0.5, 0.6) is 0 Å². The molecule has 5 nitrogen and oxygen atoms in total. The van der Waals surface area contributed by atoms with Crippen molar-refractivity contribution in [2.45, 2.75) is 54.7 Å². The molecule has 2 aliphatic rings. The van der Waals surface area contributed by atoms with E-state index in [1.54, 1.807) is 11.3 Å². The molecule has 1 saturated heterocycles. The molecular formula is C19H24O5S3. The molecule has 0 amide bonds. The van der Waals surface area contributed by atoms with Gasteiger partial charge in [0, 0.05) is 37.9 Å². The Hall–Kier alpha value is -0.450. The first-order valence-corrected chi connectivity index (χ1v) is 11.7. The van der Waals surface area contributed by atoms with Crippen molar-refractivity contribution in [2.24, 2.45) is 0 Å². The van der Waals surface area contributed by atoms with E-state index in [1.165, 1.54) is 26.4 Å². The number of hydrogen-bond acceptors (Lipinski definition) is 8. The van der Waals surface area contributed by atoms with Gasteiger partial charge in [-0.25, -0.2) is 0 Å². The van der Waals surface area contributed by atoms with E-state index >= 15 is 0 Å². The zero-order valence-corrected chi connectivity index (χ0v) is 17.4. The van der Waals surface area contributed by atoms with E-state index in [0.717, 1.165) is 29.7 Å². The quantitative estimate of drug-likeness (QED) is 0.595. The monoisotopic (exact) mass is 428 g/mol. The van der Waals surface area contributed by atoms with Gasteiger partial charge in [0.25, 0.3) is 0 Å². The van der Waals surface area contributed by atoms with Gasteiger partial charge in [-0.1, -0.05) is 6.92 Å². The van der Waals surface area contributed by atoms with E-state index in [1.807, 2.05) is 11.3 Å². The molecule has 2 aliphatic heterocycles. The van der Waals surface area contributed by atoms with E-state index in [-0.39, 0.29) is 6.61 Å². The normalized spacial score (nSPS) is 33.4. The lowest BCUT2D eigenvalue weighted by molar-refractivity contribution is -0.155. The summed E-state index contributed by atoms with van der Waals surface area (Å²) >= 11 is 4.77. The average molecular weight is 429 g/mol. The van der Waals surface area contributed by atoms with E-state index in [4.69, 9.17) is 4.74 Å². The first kappa shape index (κ1) is 19.8. The van der Waals surface area contributed by atoms with Crippen LogP contribution < -0.4 is 0 Å². The summed E-state index contributed by atoms with van der Waals surface area (Å²) in [6, 6.07) is 6.41. The lowest BCUT2D eigenvalue weighted by Gasteiger charge is -2.49. The molecule has 0 aliphatic carbocycles. The third kappa shape index (κ3) is 3.40. The van der Waals surface area contributed by atoms with Crippen LogP contribution in [-0.2, 0) is 28.9 Å². The highest BCUT2D eigenvalue weighted by Gasteiger charge is 2.56. The first-order valence-electron chi connectivity index (χ1n) is 9.15. The predicted octanol–water partition coefficient (Wildman–Crippen LogP) is 1.88. The van der Waals surface area contributed by atoms with Crippen LogP contribution in [0.1, 0.15) is 32.0 Å². The summed E-state index contributed by atoms with van der Waals surface area (Å²) in [5.74, 6) is 0. The van der Waals surface area contributed by atoms with Crippen LogP contribution in [-0.4, -0.2) is 57.2 Å².